The molecule has 1 aromatic rings. The number of aliphatic imine (C=N–C) groups is 1. The summed E-state index contributed by atoms with van der Waals surface area (Å²) in [6, 6.07) is 0. The Morgan fingerprint density at radius 2 is 2.38 bits per heavy atom. The molecule has 1 aliphatic heterocycles. The maximum absolute atomic E-state index is 9.63. The molecular formula is C13H24IN5OS. The van der Waals surface area contributed by atoms with Crippen molar-refractivity contribution >= 4 is 46.4 Å². The van der Waals surface area contributed by atoms with Crippen LogP contribution in [0.2, 0.25) is 0 Å². The number of β-amino-alcohol motifs (C(OH)–C–C–N with tert-alkyl or cyclic N) is 1. The van der Waals surface area contributed by atoms with Crippen LogP contribution in [-0.2, 0) is 6.54 Å². The smallest absolute Gasteiger partial charge is 0.194 e. The van der Waals surface area contributed by atoms with Crippen LogP contribution in [0.25, 0.3) is 0 Å². The summed E-state index contributed by atoms with van der Waals surface area (Å²) in [5.74, 6) is 0.864. The van der Waals surface area contributed by atoms with Gasteiger partial charge in [0.2, 0.25) is 0 Å². The van der Waals surface area contributed by atoms with Crippen molar-refractivity contribution in [1.82, 2.24) is 15.2 Å². The van der Waals surface area contributed by atoms with Crippen molar-refractivity contribution in [2.75, 3.05) is 38.6 Å². The first kappa shape index (κ1) is 18.4. The Bertz CT molecular complexity index is 465. The van der Waals surface area contributed by atoms with Gasteiger partial charge in [0.15, 0.2) is 11.1 Å². The Kier molecular flexibility index (Phi) is 7.67. The van der Waals surface area contributed by atoms with Crippen LogP contribution in [0, 0.1) is 0 Å². The van der Waals surface area contributed by atoms with Gasteiger partial charge in [-0.2, -0.15) is 0 Å². The van der Waals surface area contributed by atoms with Crippen LogP contribution >= 0.6 is 35.3 Å². The SMILES string of the molecule is CCNC(=NCc1csc(N(C)C)n1)N1CC[C@@H](O)C1.I. The summed E-state index contributed by atoms with van der Waals surface area (Å²) < 4.78 is 0. The predicted octanol–water partition coefficient (Wildman–Crippen LogP) is 1.36. The van der Waals surface area contributed by atoms with Gasteiger partial charge in [0.1, 0.15) is 0 Å². The van der Waals surface area contributed by atoms with E-state index in [-0.39, 0.29) is 30.1 Å². The van der Waals surface area contributed by atoms with Crippen molar-refractivity contribution in [3.8, 4) is 0 Å². The van der Waals surface area contributed by atoms with Gasteiger partial charge in [0.05, 0.1) is 18.3 Å². The maximum atomic E-state index is 9.63. The van der Waals surface area contributed by atoms with Crippen molar-refractivity contribution in [3.63, 3.8) is 0 Å². The average molecular weight is 425 g/mol. The highest BCUT2D eigenvalue weighted by molar-refractivity contribution is 14.0. The number of nitrogens with zero attached hydrogens (tertiary/aromatic N) is 4. The van der Waals surface area contributed by atoms with E-state index < -0.39 is 0 Å². The van der Waals surface area contributed by atoms with Crippen molar-refractivity contribution < 1.29 is 5.11 Å². The number of hydrogen-bond donors (Lipinski definition) is 2. The zero-order valence-electron chi connectivity index (χ0n) is 12.7. The number of halogens is 1. The Hall–Kier alpha value is -0.610. The maximum Gasteiger partial charge on any atom is 0.194 e. The van der Waals surface area contributed by atoms with E-state index in [2.05, 4.69) is 27.1 Å². The quantitative estimate of drug-likeness (QED) is 0.434. The number of rotatable bonds is 4. The lowest BCUT2D eigenvalue weighted by Crippen LogP contribution is -2.40. The van der Waals surface area contributed by atoms with E-state index in [0.717, 1.165) is 36.3 Å². The molecule has 1 aliphatic rings. The van der Waals surface area contributed by atoms with Gasteiger partial charge in [-0.15, -0.1) is 35.3 Å². The van der Waals surface area contributed by atoms with Crippen molar-refractivity contribution in [3.05, 3.63) is 11.1 Å². The van der Waals surface area contributed by atoms with Crippen LogP contribution in [0.4, 0.5) is 5.13 Å². The number of aliphatic hydroxyl groups is 1. The monoisotopic (exact) mass is 425 g/mol. The molecule has 1 atom stereocenters. The molecule has 2 heterocycles. The number of likely N-dealkylation sites (tertiary alicyclic amines) is 1. The first-order valence-electron chi connectivity index (χ1n) is 6.93. The predicted molar refractivity (Wildman–Crippen MR) is 98.9 cm³/mol. The minimum Gasteiger partial charge on any atom is -0.391 e. The Labute approximate surface area is 147 Å². The van der Waals surface area contributed by atoms with E-state index in [1.165, 1.54) is 0 Å². The van der Waals surface area contributed by atoms with E-state index in [1.54, 1.807) is 11.3 Å². The molecule has 2 N–H and O–H groups in total. The molecule has 8 heteroatoms. The van der Waals surface area contributed by atoms with Crippen LogP contribution in [0.5, 0.6) is 0 Å². The van der Waals surface area contributed by atoms with Crippen LogP contribution in [0.1, 0.15) is 19.0 Å². The van der Waals surface area contributed by atoms with E-state index in [1.807, 2.05) is 24.4 Å². The fraction of sp³-hybridized carbons (Fsp3) is 0.692. The standard InChI is InChI=1S/C13H23N5OS.HI/c1-4-14-12(18-6-5-11(19)8-18)15-7-10-9-20-13(16-10)17(2)3;/h9,11,19H,4-8H2,1-3H3,(H,14,15);1H/t11-;/m1./s1. The van der Waals surface area contributed by atoms with E-state index >= 15 is 0 Å². The van der Waals surface area contributed by atoms with Crippen LogP contribution in [-0.4, -0.2) is 60.8 Å². The largest absolute Gasteiger partial charge is 0.391 e. The number of thiazole rings is 1. The molecule has 1 saturated heterocycles. The number of aromatic nitrogens is 1. The summed E-state index contributed by atoms with van der Waals surface area (Å²) in [5, 5.41) is 15.9. The summed E-state index contributed by atoms with van der Waals surface area (Å²) in [5.41, 5.74) is 0.980. The second-order valence-corrected chi connectivity index (χ2v) is 5.91. The topological polar surface area (TPSA) is 64.0 Å². The van der Waals surface area contributed by atoms with E-state index in [9.17, 15) is 5.11 Å². The van der Waals surface area contributed by atoms with Crippen molar-refractivity contribution in [2.24, 2.45) is 4.99 Å². The number of guanidine groups is 1. The third-order valence-electron chi connectivity index (χ3n) is 3.11. The molecule has 1 aromatic heterocycles. The normalized spacial score (nSPS) is 18.6. The lowest BCUT2D eigenvalue weighted by atomic mass is 10.3. The van der Waals surface area contributed by atoms with Gasteiger partial charge in [-0.25, -0.2) is 9.98 Å². The third kappa shape index (κ3) is 5.26. The number of hydrogen-bond acceptors (Lipinski definition) is 5. The van der Waals surface area contributed by atoms with E-state index in [0.29, 0.717) is 13.1 Å². The highest BCUT2D eigenvalue weighted by Gasteiger charge is 2.22. The fourth-order valence-electron chi connectivity index (χ4n) is 2.09. The van der Waals surface area contributed by atoms with E-state index in [4.69, 9.17) is 0 Å². The minimum absolute atomic E-state index is 0. The number of anilines is 1. The lowest BCUT2D eigenvalue weighted by Gasteiger charge is -2.20. The highest BCUT2D eigenvalue weighted by Crippen LogP contribution is 2.18. The molecular weight excluding hydrogens is 401 g/mol. The lowest BCUT2D eigenvalue weighted by molar-refractivity contribution is 0.188. The molecule has 0 unspecified atom stereocenters. The summed E-state index contributed by atoms with van der Waals surface area (Å²) in [6.45, 7) is 4.96. The van der Waals surface area contributed by atoms with Crippen LogP contribution in [0.15, 0.2) is 10.4 Å². The summed E-state index contributed by atoms with van der Waals surface area (Å²) >= 11 is 1.63. The van der Waals surface area contributed by atoms with Gasteiger partial charge in [-0.05, 0) is 13.3 Å². The van der Waals surface area contributed by atoms with Gasteiger partial charge in [-0.3, -0.25) is 0 Å². The molecule has 0 radical (unpaired) electrons. The fourth-order valence-corrected chi connectivity index (χ4v) is 2.84. The zero-order chi connectivity index (χ0) is 14.5. The molecule has 0 amide bonds. The summed E-state index contributed by atoms with van der Waals surface area (Å²) in [4.78, 5) is 13.2. The molecule has 1 fully saturated rings. The van der Waals surface area contributed by atoms with Crippen molar-refractivity contribution in [1.29, 1.82) is 0 Å². The van der Waals surface area contributed by atoms with Gasteiger partial charge in [-0.1, -0.05) is 0 Å². The number of nitrogens with one attached hydrogen (secondary N) is 1. The average Bonchev–Trinajstić information content (AvgIpc) is 3.03. The molecule has 0 aliphatic carbocycles. The molecule has 0 bridgehead atoms. The first-order valence-corrected chi connectivity index (χ1v) is 7.81. The molecule has 0 aromatic carbocycles. The molecule has 120 valence electrons. The number of aliphatic hydroxyl groups excluding tert-OH is 1. The molecule has 21 heavy (non-hydrogen) atoms. The molecule has 2 rings (SSSR count). The van der Waals surface area contributed by atoms with Gasteiger partial charge in [0, 0.05) is 39.1 Å². The van der Waals surface area contributed by atoms with Gasteiger partial charge < -0.3 is 20.2 Å². The van der Waals surface area contributed by atoms with Crippen LogP contribution in [0.3, 0.4) is 0 Å². The summed E-state index contributed by atoms with van der Waals surface area (Å²) in [7, 11) is 3.98. The van der Waals surface area contributed by atoms with Crippen molar-refractivity contribution in [2.45, 2.75) is 26.0 Å². The molecule has 0 spiro atoms. The van der Waals surface area contributed by atoms with Gasteiger partial charge in [0.25, 0.3) is 0 Å². The Morgan fingerprint density at radius 3 is 2.90 bits per heavy atom. The second kappa shape index (κ2) is 8.74. The molecule has 6 nitrogen and oxygen atoms in total. The Balaban J connectivity index is 0.00000220. The van der Waals surface area contributed by atoms with Gasteiger partial charge >= 0.3 is 0 Å². The second-order valence-electron chi connectivity index (χ2n) is 5.07. The minimum atomic E-state index is -0.238. The molecule has 0 saturated carbocycles. The zero-order valence-corrected chi connectivity index (χ0v) is 15.9. The Morgan fingerprint density at radius 1 is 1.62 bits per heavy atom. The highest BCUT2D eigenvalue weighted by atomic mass is 127. The third-order valence-corrected chi connectivity index (χ3v) is 4.17. The van der Waals surface area contributed by atoms with Crippen LogP contribution < -0.4 is 10.2 Å². The summed E-state index contributed by atoms with van der Waals surface area (Å²) in [6.07, 6.45) is 0.574. The first-order chi connectivity index (χ1) is 9.60.